The van der Waals surface area contributed by atoms with Gasteiger partial charge in [0.1, 0.15) is 10.4 Å². The summed E-state index contributed by atoms with van der Waals surface area (Å²) in [6, 6.07) is 13.9. The molecule has 2 amide bonds. The number of alkyl halides is 3. The number of nitrogens with two attached hydrogens (primary N) is 1. The van der Waals surface area contributed by atoms with Crippen molar-refractivity contribution in [3.8, 4) is 0 Å². The maximum atomic E-state index is 14.4. The lowest BCUT2D eigenvalue weighted by molar-refractivity contribution is -0.137. The molecule has 8 nitrogen and oxygen atoms in total. The van der Waals surface area contributed by atoms with Gasteiger partial charge in [-0.1, -0.05) is 36.4 Å². The number of thiophene rings is 1. The minimum atomic E-state index is -4.41. The lowest BCUT2D eigenvalue weighted by Crippen LogP contribution is -2.32. The lowest BCUT2D eigenvalue weighted by Gasteiger charge is -2.30. The topological polar surface area (TPSA) is 129 Å². The van der Waals surface area contributed by atoms with Gasteiger partial charge in [0.15, 0.2) is 5.82 Å². The number of carbonyl (C=O) groups is 2. The molecule has 15 heteroatoms. The third kappa shape index (κ3) is 9.00. The second kappa shape index (κ2) is 15.6. The quantitative estimate of drug-likeness (QED) is 0.131. The summed E-state index contributed by atoms with van der Waals surface area (Å²) in [7, 11) is 0. The molecule has 0 spiro atoms. The van der Waals surface area contributed by atoms with Crippen LogP contribution in [0.25, 0.3) is 15.8 Å². The Kier molecular flexibility index (Phi) is 11.8. The molecule has 0 saturated heterocycles. The number of primary amides is 1. The maximum absolute atomic E-state index is 14.4. The molecule has 5 N–H and O–H groups in total. The Morgan fingerprint density at radius 2 is 1.81 bits per heavy atom. The molecular weight excluding hydrogens is 711 g/mol. The molecular formula is C32H28BrF5N4O4S. The van der Waals surface area contributed by atoms with Gasteiger partial charge in [-0.05, 0) is 51.2 Å². The number of aliphatic hydroxyl groups is 2. The smallest absolute Gasteiger partial charge is 0.395 e. The van der Waals surface area contributed by atoms with Gasteiger partial charge >= 0.3 is 6.18 Å². The number of β-amino-alcohol motifs (C(OH)–C–C–N with tert-alkyl or cyclic N) is 1. The zero-order valence-corrected chi connectivity index (χ0v) is 26.9. The molecule has 2 aromatic heterocycles. The number of fused-ring (bicyclic) bond motifs is 1. The zero-order valence-electron chi connectivity index (χ0n) is 24.5. The van der Waals surface area contributed by atoms with Crippen LogP contribution < -0.4 is 11.1 Å². The van der Waals surface area contributed by atoms with Gasteiger partial charge in [0.2, 0.25) is 0 Å². The van der Waals surface area contributed by atoms with Gasteiger partial charge in [0.05, 0.1) is 42.7 Å². The van der Waals surface area contributed by atoms with Crippen molar-refractivity contribution in [3.05, 3.63) is 116 Å². The fourth-order valence-corrected chi connectivity index (χ4v) is 6.28. The van der Waals surface area contributed by atoms with Crippen LogP contribution >= 0.6 is 27.3 Å². The predicted octanol–water partition coefficient (Wildman–Crippen LogP) is 5.57. The van der Waals surface area contributed by atoms with Gasteiger partial charge in [-0.2, -0.15) is 13.2 Å². The Bertz CT molecular complexity index is 1840. The van der Waals surface area contributed by atoms with Crippen molar-refractivity contribution in [2.24, 2.45) is 5.73 Å². The first kappa shape index (κ1) is 35.7. The average molecular weight is 740 g/mol. The van der Waals surface area contributed by atoms with Crippen molar-refractivity contribution in [2.75, 3.05) is 32.8 Å². The molecule has 0 unspecified atom stereocenters. The molecule has 2 aromatic carbocycles. The first-order valence-electron chi connectivity index (χ1n) is 14.0. The highest BCUT2D eigenvalue weighted by Gasteiger charge is 2.30. The Hall–Kier alpha value is -4.18. The molecule has 4 aromatic rings. The van der Waals surface area contributed by atoms with Gasteiger partial charge in [-0.3, -0.25) is 9.59 Å². The van der Waals surface area contributed by atoms with Crippen molar-refractivity contribution in [2.45, 2.75) is 12.6 Å². The normalized spacial score (nSPS) is 13.3. The van der Waals surface area contributed by atoms with E-state index in [4.69, 9.17) is 10.8 Å². The summed E-state index contributed by atoms with van der Waals surface area (Å²) in [6.07, 6.45) is -1.74. The first-order chi connectivity index (χ1) is 22.3. The highest BCUT2D eigenvalue weighted by Crippen LogP contribution is 2.38. The van der Waals surface area contributed by atoms with Crippen LogP contribution in [0.3, 0.4) is 0 Å². The third-order valence-electron chi connectivity index (χ3n) is 6.85. The first-order valence-corrected chi connectivity index (χ1v) is 15.6. The molecule has 1 aliphatic rings. The molecule has 0 atom stereocenters. The van der Waals surface area contributed by atoms with Crippen molar-refractivity contribution in [1.29, 1.82) is 0 Å². The van der Waals surface area contributed by atoms with Crippen molar-refractivity contribution >= 4 is 54.9 Å². The molecule has 248 valence electrons. The van der Waals surface area contributed by atoms with E-state index in [-0.39, 0.29) is 44.0 Å². The Balaban J connectivity index is 0.000000300. The van der Waals surface area contributed by atoms with Gasteiger partial charge in [0, 0.05) is 40.3 Å². The predicted molar refractivity (Wildman–Crippen MR) is 171 cm³/mol. The van der Waals surface area contributed by atoms with E-state index in [1.54, 1.807) is 11.0 Å². The molecule has 3 heterocycles. The minimum absolute atomic E-state index is 0.0955. The van der Waals surface area contributed by atoms with Crippen molar-refractivity contribution in [3.63, 3.8) is 0 Å². The van der Waals surface area contributed by atoms with E-state index >= 15 is 0 Å². The number of benzene rings is 2. The average Bonchev–Trinajstić information content (AvgIpc) is 3.44. The number of hydrogen-bond donors (Lipinski definition) is 4. The van der Waals surface area contributed by atoms with Crippen molar-refractivity contribution in [1.82, 2.24) is 15.2 Å². The van der Waals surface area contributed by atoms with Crippen LogP contribution in [0.1, 0.15) is 31.9 Å². The van der Waals surface area contributed by atoms with Gasteiger partial charge in [-0.25, -0.2) is 13.8 Å². The fourth-order valence-electron chi connectivity index (χ4n) is 4.73. The standard InChI is InChI=1S/C24H20F4N2O2S.C8H8BrFN2O2/c25-20-13-30(7-8-31)21(12-19(20)23(29)32)18-6-2-4-15-11-17(33-22(15)18)10-14-3-1-5-16(9-14)24(26,27)28;9-7-3-5(6(10)4-12-7)8(14)11-1-2-13/h1-6,9,11-12,31H,7-8,10,13H2,(H2,29,32);3-4,13H,1-2H2,(H,11,14). The Morgan fingerprint density at radius 1 is 1.06 bits per heavy atom. The van der Waals surface area contributed by atoms with Crippen LogP contribution in [0, 0.1) is 5.82 Å². The van der Waals surface area contributed by atoms with E-state index in [2.05, 4.69) is 26.2 Å². The summed E-state index contributed by atoms with van der Waals surface area (Å²) in [6.45, 7) is -0.330. The lowest BCUT2D eigenvalue weighted by atomic mass is 10.0. The maximum Gasteiger partial charge on any atom is 0.416 e. The van der Waals surface area contributed by atoms with Crippen LogP contribution in [0.15, 0.2) is 82.9 Å². The Morgan fingerprint density at radius 3 is 2.49 bits per heavy atom. The zero-order chi connectivity index (χ0) is 34.3. The van der Waals surface area contributed by atoms with E-state index in [1.807, 2.05) is 24.3 Å². The summed E-state index contributed by atoms with van der Waals surface area (Å²) in [4.78, 5) is 29.1. The van der Waals surface area contributed by atoms with Gasteiger partial charge < -0.3 is 26.2 Å². The third-order valence-corrected chi connectivity index (χ3v) is 8.46. The molecule has 0 saturated carbocycles. The number of aromatic nitrogens is 1. The second-order valence-electron chi connectivity index (χ2n) is 10.1. The Labute approximate surface area is 278 Å². The van der Waals surface area contributed by atoms with E-state index in [0.717, 1.165) is 38.9 Å². The van der Waals surface area contributed by atoms with Gasteiger partial charge in [-0.15, -0.1) is 11.3 Å². The number of carbonyl (C=O) groups excluding carboxylic acids is 2. The number of aliphatic hydroxyl groups excluding tert-OH is 2. The number of halogens is 6. The van der Waals surface area contributed by atoms with E-state index in [9.17, 15) is 36.6 Å². The van der Waals surface area contributed by atoms with Crippen LogP contribution in [-0.2, 0) is 17.4 Å². The number of nitrogens with zero attached hydrogens (tertiary/aromatic N) is 2. The molecule has 0 aliphatic carbocycles. The van der Waals surface area contributed by atoms with Crippen molar-refractivity contribution < 1.29 is 41.8 Å². The number of hydrogen-bond acceptors (Lipinski definition) is 7. The largest absolute Gasteiger partial charge is 0.416 e. The van der Waals surface area contributed by atoms with E-state index in [1.165, 1.54) is 29.5 Å². The van der Waals surface area contributed by atoms with Crippen LogP contribution in [-0.4, -0.2) is 64.8 Å². The summed E-state index contributed by atoms with van der Waals surface area (Å²) < 4.78 is 67.8. The molecule has 0 fully saturated rings. The minimum Gasteiger partial charge on any atom is -0.395 e. The monoisotopic (exact) mass is 738 g/mol. The summed E-state index contributed by atoms with van der Waals surface area (Å²) in [5.74, 6) is -2.80. The van der Waals surface area contributed by atoms with Crippen LogP contribution in [0.4, 0.5) is 22.0 Å². The van der Waals surface area contributed by atoms with Crippen LogP contribution in [0.5, 0.6) is 0 Å². The molecule has 0 radical (unpaired) electrons. The summed E-state index contributed by atoms with van der Waals surface area (Å²) >= 11 is 4.44. The molecule has 1 aliphatic heterocycles. The SMILES string of the molecule is NC(=O)C1=C(F)CN(CCO)C(c2cccc3cc(Cc4cccc(C(F)(F)F)c4)sc23)=C1.O=C(NCCO)c1cc(Br)ncc1F. The molecule has 0 bridgehead atoms. The van der Waals surface area contributed by atoms with Gasteiger partial charge in [0.25, 0.3) is 11.8 Å². The summed E-state index contributed by atoms with van der Waals surface area (Å²) in [5.41, 5.74) is 6.16. The number of amides is 2. The van der Waals surface area contributed by atoms with Crippen LogP contribution in [0.2, 0.25) is 0 Å². The van der Waals surface area contributed by atoms with E-state index in [0.29, 0.717) is 22.3 Å². The second-order valence-corrected chi connectivity index (χ2v) is 12.1. The highest BCUT2D eigenvalue weighted by atomic mass is 79.9. The van der Waals surface area contributed by atoms with E-state index < -0.39 is 35.2 Å². The summed E-state index contributed by atoms with van der Waals surface area (Å²) in [5, 5.41) is 21.1. The number of rotatable bonds is 9. The number of pyridine rings is 1. The highest BCUT2D eigenvalue weighted by molar-refractivity contribution is 9.10. The fraction of sp³-hybridized carbons (Fsp3) is 0.219. The molecule has 5 rings (SSSR count). The number of nitrogens with one attached hydrogen (secondary N) is 1. The molecule has 47 heavy (non-hydrogen) atoms.